The summed E-state index contributed by atoms with van der Waals surface area (Å²) in [6, 6.07) is 3.76. The fourth-order valence-electron chi connectivity index (χ4n) is 2.05. The predicted octanol–water partition coefficient (Wildman–Crippen LogP) is 2.68. The number of alkyl halides is 1. The summed E-state index contributed by atoms with van der Waals surface area (Å²) >= 11 is 6.21. The summed E-state index contributed by atoms with van der Waals surface area (Å²) < 4.78 is 0. The maximum Gasteiger partial charge on any atom is 0.245 e. The van der Waals surface area contributed by atoms with Crippen molar-refractivity contribution in [3.05, 3.63) is 29.6 Å². The summed E-state index contributed by atoms with van der Waals surface area (Å²) in [5.74, 6) is 0.0111. The molecule has 0 bridgehead atoms. The number of amides is 1. The zero-order valence-electron chi connectivity index (χ0n) is 10.0. The van der Waals surface area contributed by atoms with Crippen LogP contribution in [-0.2, 0) is 4.79 Å². The third kappa shape index (κ3) is 2.97. The zero-order valence-corrected chi connectivity index (χ0v) is 10.8. The number of carbonyl (C=O) groups is 1. The van der Waals surface area contributed by atoms with Gasteiger partial charge in [-0.1, -0.05) is 6.07 Å². The molecule has 1 saturated heterocycles. The van der Waals surface area contributed by atoms with Gasteiger partial charge in [0, 0.05) is 25.0 Å². The minimum absolute atomic E-state index is 0.0111. The van der Waals surface area contributed by atoms with Gasteiger partial charge in [-0.3, -0.25) is 9.78 Å². The van der Waals surface area contributed by atoms with E-state index in [2.05, 4.69) is 4.98 Å². The Morgan fingerprint density at radius 3 is 2.65 bits per heavy atom. The molecule has 3 nitrogen and oxygen atoms in total. The highest BCUT2D eigenvalue weighted by molar-refractivity contribution is 6.30. The fourth-order valence-corrected chi connectivity index (χ4v) is 2.31. The topological polar surface area (TPSA) is 33.2 Å². The Kier molecular flexibility index (Phi) is 4.00. The van der Waals surface area contributed by atoms with Crippen molar-refractivity contribution >= 4 is 17.5 Å². The first-order valence-electron chi connectivity index (χ1n) is 6.04. The van der Waals surface area contributed by atoms with Crippen LogP contribution in [0.1, 0.15) is 35.9 Å². The first-order valence-corrected chi connectivity index (χ1v) is 6.47. The summed E-state index contributed by atoms with van der Waals surface area (Å²) in [6.45, 7) is 3.59. The molecule has 0 radical (unpaired) electrons. The van der Waals surface area contributed by atoms with Crippen molar-refractivity contribution in [1.29, 1.82) is 0 Å². The van der Waals surface area contributed by atoms with E-state index in [9.17, 15) is 4.79 Å². The number of pyridine rings is 1. The Bertz CT molecular complexity index is 385. The summed E-state index contributed by atoms with van der Waals surface area (Å²) in [4.78, 5) is 18.2. The second-order valence-electron chi connectivity index (χ2n) is 4.48. The van der Waals surface area contributed by atoms with E-state index < -0.39 is 5.38 Å². The quantitative estimate of drug-likeness (QED) is 0.759. The average Bonchev–Trinajstić information content (AvgIpc) is 2.39. The number of nitrogens with zero attached hydrogens (tertiary/aromatic N) is 2. The monoisotopic (exact) mass is 252 g/mol. The van der Waals surface area contributed by atoms with Crippen LogP contribution >= 0.6 is 11.6 Å². The lowest BCUT2D eigenvalue weighted by Crippen LogP contribution is -2.37. The molecule has 1 aliphatic rings. The molecule has 0 aromatic carbocycles. The van der Waals surface area contributed by atoms with Gasteiger partial charge in [0.15, 0.2) is 0 Å². The second kappa shape index (κ2) is 5.50. The zero-order chi connectivity index (χ0) is 12.3. The molecule has 2 rings (SSSR count). The smallest absolute Gasteiger partial charge is 0.245 e. The van der Waals surface area contributed by atoms with Gasteiger partial charge < -0.3 is 4.90 Å². The molecule has 1 atom stereocenters. The van der Waals surface area contributed by atoms with Crippen molar-refractivity contribution in [3.63, 3.8) is 0 Å². The van der Waals surface area contributed by atoms with E-state index in [0.717, 1.165) is 37.2 Å². The first-order chi connectivity index (χ1) is 8.18. The number of aromatic nitrogens is 1. The maximum absolute atomic E-state index is 12.1. The van der Waals surface area contributed by atoms with Crippen molar-refractivity contribution in [2.45, 2.75) is 31.6 Å². The molecule has 0 aliphatic carbocycles. The molecule has 1 aromatic rings. The molecule has 1 aliphatic heterocycles. The van der Waals surface area contributed by atoms with Gasteiger partial charge in [0.2, 0.25) is 5.91 Å². The normalized spacial score (nSPS) is 17.9. The SMILES string of the molecule is Cc1ccc(C(Cl)C(=O)N2CCCCC2)cn1. The predicted molar refractivity (Wildman–Crippen MR) is 68.0 cm³/mol. The standard InChI is InChI=1S/C13H17ClN2O/c1-10-5-6-11(9-15-10)12(14)13(17)16-7-3-2-4-8-16/h5-6,9,12H,2-4,7-8H2,1H3. The van der Waals surface area contributed by atoms with Gasteiger partial charge >= 0.3 is 0 Å². The molecular formula is C13H17ClN2O. The molecule has 92 valence electrons. The number of aryl methyl sites for hydroxylation is 1. The fraction of sp³-hybridized carbons (Fsp3) is 0.538. The molecule has 1 unspecified atom stereocenters. The Hall–Kier alpha value is -1.09. The minimum Gasteiger partial charge on any atom is -0.341 e. The van der Waals surface area contributed by atoms with Crippen LogP contribution in [0.4, 0.5) is 0 Å². The van der Waals surface area contributed by atoms with Crippen molar-refractivity contribution in [1.82, 2.24) is 9.88 Å². The van der Waals surface area contributed by atoms with Gasteiger partial charge in [-0.15, -0.1) is 11.6 Å². The number of hydrogen-bond acceptors (Lipinski definition) is 2. The third-order valence-electron chi connectivity index (χ3n) is 3.11. The van der Waals surface area contributed by atoms with Crippen LogP contribution in [-0.4, -0.2) is 28.9 Å². The van der Waals surface area contributed by atoms with E-state index in [4.69, 9.17) is 11.6 Å². The number of hydrogen-bond donors (Lipinski definition) is 0. The van der Waals surface area contributed by atoms with Gasteiger partial charge in [0.25, 0.3) is 0 Å². The van der Waals surface area contributed by atoms with Crippen molar-refractivity contribution in [3.8, 4) is 0 Å². The lowest BCUT2D eigenvalue weighted by atomic mass is 10.1. The lowest BCUT2D eigenvalue weighted by Gasteiger charge is -2.28. The first kappa shape index (κ1) is 12.4. The number of carbonyl (C=O) groups excluding carboxylic acids is 1. The van der Waals surface area contributed by atoms with Crippen LogP contribution in [0.3, 0.4) is 0 Å². The lowest BCUT2D eigenvalue weighted by molar-refractivity contribution is -0.131. The molecule has 1 aromatic heterocycles. The summed E-state index contributed by atoms with van der Waals surface area (Å²) in [6.07, 6.45) is 5.07. The summed E-state index contributed by atoms with van der Waals surface area (Å²) in [5, 5.41) is -0.596. The van der Waals surface area contributed by atoms with Gasteiger partial charge in [-0.2, -0.15) is 0 Å². The van der Waals surface area contributed by atoms with Gasteiger partial charge in [0.05, 0.1) is 0 Å². The number of rotatable bonds is 2. The molecule has 17 heavy (non-hydrogen) atoms. The number of halogens is 1. The van der Waals surface area contributed by atoms with Crippen LogP contribution in [0.5, 0.6) is 0 Å². The Morgan fingerprint density at radius 1 is 1.35 bits per heavy atom. The van der Waals surface area contributed by atoms with E-state index >= 15 is 0 Å². The van der Waals surface area contributed by atoms with E-state index in [0.29, 0.717) is 0 Å². The van der Waals surface area contributed by atoms with Crippen molar-refractivity contribution in [2.75, 3.05) is 13.1 Å². The van der Waals surface area contributed by atoms with E-state index in [1.807, 2.05) is 24.0 Å². The second-order valence-corrected chi connectivity index (χ2v) is 4.92. The Morgan fingerprint density at radius 2 is 2.06 bits per heavy atom. The molecule has 1 fully saturated rings. The van der Waals surface area contributed by atoms with Gasteiger partial charge in [-0.05, 0) is 37.8 Å². The minimum atomic E-state index is -0.596. The maximum atomic E-state index is 12.1. The Balaban J connectivity index is 2.05. The van der Waals surface area contributed by atoms with Crippen LogP contribution < -0.4 is 0 Å². The van der Waals surface area contributed by atoms with Crippen molar-refractivity contribution in [2.24, 2.45) is 0 Å². The third-order valence-corrected chi connectivity index (χ3v) is 3.55. The molecule has 2 heterocycles. The molecular weight excluding hydrogens is 236 g/mol. The highest BCUT2D eigenvalue weighted by Gasteiger charge is 2.25. The van der Waals surface area contributed by atoms with Crippen LogP contribution in [0.25, 0.3) is 0 Å². The summed E-state index contributed by atoms with van der Waals surface area (Å²) in [7, 11) is 0. The van der Waals surface area contributed by atoms with Gasteiger partial charge in [-0.25, -0.2) is 0 Å². The Labute approximate surface area is 107 Å². The van der Waals surface area contributed by atoms with E-state index in [-0.39, 0.29) is 5.91 Å². The number of piperidine rings is 1. The molecule has 0 saturated carbocycles. The van der Waals surface area contributed by atoms with E-state index in [1.165, 1.54) is 6.42 Å². The molecule has 1 amide bonds. The van der Waals surface area contributed by atoms with Crippen molar-refractivity contribution < 1.29 is 4.79 Å². The van der Waals surface area contributed by atoms with Crippen LogP contribution in [0, 0.1) is 6.92 Å². The molecule has 4 heteroatoms. The molecule has 0 spiro atoms. The van der Waals surface area contributed by atoms with Crippen LogP contribution in [0.15, 0.2) is 18.3 Å². The average molecular weight is 253 g/mol. The van der Waals surface area contributed by atoms with Gasteiger partial charge in [0.1, 0.15) is 5.38 Å². The highest BCUT2D eigenvalue weighted by atomic mass is 35.5. The highest BCUT2D eigenvalue weighted by Crippen LogP contribution is 2.24. The van der Waals surface area contributed by atoms with E-state index in [1.54, 1.807) is 6.20 Å². The molecule has 0 N–H and O–H groups in total. The number of likely N-dealkylation sites (tertiary alicyclic amines) is 1. The largest absolute Gasteiger partial charge is 0.341 e. The summed E-state index contributed by atoms with van der Waals surface area (Å²) in [5.41, 5.74) is 1.72. The van der Waals surface area contributed by atoms with Crippen LogP contribution in [0.2, 0.25) is 0 Å².